The fraction of sp³-hybridized carbons (Fsp3) is 0.714. The Balaban J connectivity index is 1.22. The number of piperidine rings is 1. The Bertz CT molecular complexity index is 595. The van der Waals surface area contributed by atoms with E-state index in [-0.39, 0.29) is 5.60 Å². The van der Waals surface area contributed by atoms with Crippen LogP contribution in [0.4, 0.5) is 0 Å². The molecule has 4 rings (SSSR count). The van der Waals surface area contributed by atoms with Crippen molar-refractivity contribution in [2.75, 3.05) is 26.3 Å². The second kappa shape index (κ2) is 8.05. The maximum absolute atomic E-state index is 12.3. The SMILES string of the molecule is O=C(CC1CC1)N1CCC2(CC1)OCC[C@H]2CCOCc1ccncc1. The number of nitrogens with zero attached hydrogens (tertiary/aromatic N) is 2. The van der Waals surface area contributed by atoms with E-state index in [2.05, 4.69) is 9.88 Å². The van der Waals surface area contributed by atoms with Crippen LogP contribution in [0.3, 0.4) is 0 Å². The first-order chi connectivity index (χ1) is 12.8. The molecule has 1 atom stereocenters. The highest BCUT2D eigenvalue weighted by Crippen LogP contribution is 2.43. The summed E-state index contributed by atoms with van der Waals surface area (Å²) in [6.07, 6.45) is 11.0. The molecular weight excluding hydrogens is 328 g/mol. The molecule has 0 aromatic carbocycles. The molecule has 1 saturated carbocycles. The van der Waals surface area contributed by atoms with Crippen molar-refractivity contribution < 1.29 is 14.3 Å². The molecule has 1 aromatic heterocycles. The number of carbonyl (C=O) groups excluding carboxylic acids is 1. The van der Waals surface area contributed by atoms with Crippen LogP contribution >= 0.6 is 0 Å². The Labute approximate surface area is 156 Å². The molecule has 2 aliphatic heterocycles. The van der Waals surface area contributed by atoms with E-state index in [9.17, 15) is 4.79 Å². The predicted molar refractivity (Wildman–Crippen MR) is 98.5 cm³/mol. The van der Waals surface area contributed by atoms with Gasteiger partial charge in [-0.05, 0) is 68.1 Å². The van der Waals surface area contributed by atoms with E-state index in [1.807, 2.05) is 12.1 Å². The van der Waals surface area contributed by atoms with Crippen molar-refractivity contribution in [2.45, 2.75) is 57.2 Å². The van der Waals surface area contributed by atoms with Gasteiger partial charge in [0, 0.05) is 45.1 Å². The number of likely N-dealkylation sites (tertiary alicyclic amines) is 1. The van der Waals surface area contributed by atoms with Crippen LogP contribution in [0, 0.1) is 11.8 Å². The van der Waals surface area contributed by atoms with Gasteiger partial charge in [0.2, 0.25) is 5.91 Å². The normalized spacial score (nSPS) is 24.9. The third-order valence-corrected chi connectivity index (χ3v) is 6.35. The molecule has 5 nitrogen and oxygen atoms in total. The number of amides is 1. The molecule has 0 bridgehead atoms. The van der Waals surface area contributed by atoms with Crippen molar-refractivity contribution in [3.05, 3.63) is 30.1 Å². The Hall–Kier alpha value is -1.46. The molecule has 3 heterocycles. The molecule has 1 aromatic rings. The molecular formula is C21H30N2O3. The lowest BCUT2D eigenvalue weighted by Gasteiger charge is -2.42. The first-order valence-corrected chi connectivity index (χ1v) is 10.1. The Morgan fingerprint density at radius 1 is 1.23 bits per heavy atom. The van der Waals surface area contributed by atoms with E-state index in [0.29, 0.717) is 24.3 Å². The van der Waals surface area contributed by atoms with Gasteiger partial charge < -0.3 is 14.4 Å². The first-order valence-electron chi connectivity index (χ1n) is 10.1. The van der Waals surface area contributed by atoms with Crippen LogP contribution in [0.25, 0.3) is 0 Å². The molecule has 1 spiro atoms. The standard InChI is InChI=1S/C21H30N2O3/c24-20(15-17-1-2-17)23-11-7-21(8-12-23)19(6-14-26-21)5-13-25-16-18-3-9-22-10-4-18/h3-4,9-10,17,19H,1-2,5-8,11-16H2/t19-/m1/s1. The average Bonchev–Trinajstić information content (AvgIpc) is 3.41. The molecule has 0 unspecified atom stereocenters. The summed E-state index contributed by atoms with van der Waals surface area (Å²) >= 11 is 0. The lowest BCUT2D eigenvalue weighted by molar-refractivity contribution is -0.138. The zero-order valence-corrected chi connectivity index (χ0v) is 15.6. The Morgan fingerprint density at radius 3 is 2.73 bits per heavy atom. The summed E-state index contributed by atoms with van der Waals surface area (Å²) < 4.78 is 12.1. The van der Waals surface area contributed by atoms with E-state index in [4.69, 9.17) is 9.47 Å². The summed E-state index contributed by atoms with van der Waals surface area (Å²) in [6.45, 7) is 3.99. The van der Waals surface area contributed by atoms with Crippen LogP contribution in [0.1, 0.15) is 50.5 Å². The molecule has 3 aliphatic rings. The molecule has 1 aliphatic carbocycles. The highest BCUT2D eigenvalue weighted by Gasteiger charge is 2.46. The van der Waals surface area contributed by atoms with Gasteiger partial charge in [-0.15, -0.1) is 0 Å². The third kappa shape index (κ3) is 4.26. The van der Waals surface area contributed by atoms with Crippen LogP contribution in [-0.2, 0) is 20.9 Å². The van der Waals surface area contributed by atoms with Crippen LogP contribution in [0.15, 0.2) is 24.5 Å². The monoisotopic (exact) mass is 358 g/mol. The molecule has 26 heavy (non-hydrogen) atoms. The van der Waals surface area contributed by atoms with Gasteiger partial charge in [-0.25, -0.2) is 0 Å². The zero-order valence-electron chi connectivity index (χ0n) is 15.6. The average molecular weight is 358 g/mol. The van der Waals surface area contributed by atoms with Gasteiger partial charge in [0.15, 0.2) is 0 Å². The molecule has 5 heteroatoms. The summed E-state index contributed by atoms with van der Waals surface area (Å²) in [7, 11) is 0. The minimum Gasteiger partial charge on any atom is -0.377 e. The maximum atomic E-state index is 12.3. The highest BCUT2D eigenvalue weighted by molar-refractivity contribution is 5.76. The fourth-order valence-electron chi connectivity index (χ4n) is 4.47. The maximum Gasteiger partial charge on any atom is 0.222 e. The number of ether oxygens (including phenoxy) is 2. The lowest BCUT2D eigenvalue weighted by Crippen LogP contribution is -2.49. The minimum atomic E-state index is -0.0175. The predicted octanol–water partition coefficient (Wildman–Crippen LogP) is 3.19. The van der Waals surface area contributed by atoms with Crippen molar-refractivity contribution >= 4 is 5.91 Å². The number of hydrogen-bond acceptors (Lipinski definition) is 4. The van der Waals surface area contributed by atoms with Crippen molar-refractivity contribution in [1.29, 1.82) is 0 Å². The molecule has 2 saturated heterocycles. The third-order valence-electron chi connectivity index (χ3n) is 6.35. The number of aromatic nitrogens is 1. The molecule has 3 fully saturated rings. The summed E-state index contributed by atoms with van der Waals surface area (Å²) in [6, 6.07) is 3.99. The minimum absolute atomic E-state index is 0.0175. The number of rotatable bonds is 7. The topological polar surface area (TPSA) is 51.7 Å². The summed E-state index contributed by atoms with van der Waals surface area (Å²) in [5.74, 6) is 1.59. The van der Waals surface area contributed by atoms with Gasteiger partial charge in [0.1, 0.15) is 0 Å². The lowest BCUT2D eigenvalue weighted by atomic mass is 9.78. The number of pyridine rings is 1. The van der Waals surface area contributed by atoms with Crippen molar-refractivity contribution in [2.24, 2.45) is 11.8 Å². The van der Waals surface area contributed by atoms with Crippen molar-refractivity contribution in [1.82, 2.24) is 9.88 Å². The molecule has 0 radical (unpaired) electrons. The molecule has 0 N–H and O–H groups in total. The molecule has 142 valence electrons. The largest absolute Gasteiger partial charge is 0.377 e. The van der Waals surface area contributed by atoms with Crippen LogP contribution in [0.5, 0.6) is 0 Å². The number of carbonyl (C=O) groups is 1. The second-order valence-electron chi connectivity index (χ2n) is 8.12. The quantitative estimate of drug-likeness (QED) is 0.703. The van der Waals surface area contributed by atoms with Crippen molar-refractivity contribution in [3.63, 3.8) is 0 Å². The Morgan fingerprint density at radius 2 is 2.00 bits per heavy atom. The van der Waals surface area contributed by atoms with E-state index in [1.54, 1.807) is 12.4 Å². The smallest absolute Gasteiger partial charge is 0.222 e. The molecule has 1 amide bonds. The second-order valence-corrected chi connectivity index (χ2v) is 8.12. The van der Waals surface area contributed by atoms with Gasteiger partial charge in [0.25, 0.3) is 0 Å². The van der Waals surface area contributed by atoms with Gasteiger partial charge in [0.05, 0.1) is 12.2 Å². The van der Waals surface area contributed by atoms with Crippen molar-refractivity contribution in [3.8, 4) is 0 Å². The van der Waals surface area contributed by atoms with Gasteiger partial charge >= 0.3 is 0 Å². The summed E-state index contributed by atoms with van der Waals surface area (Å²) in [5.41, 5.74) is 1.15. The van der Waals surface area contributed by atoms with Gasteiger partial charge in [-0.3, -0.25) is 9.78 Å². The Kier molecular flexibility index (Phi) is 5.55. The van der Waals surface area contributed by atoms with E-state index >= 15 is 0 Å². The number of hydrogen-bond donors (Lipinski definition) is 0. The van der Waals surface area contributed by atoms with E-state index in [1.165, 1.54) is 18.4 Å². The van der Waals surface area contributed by atoms with Crippen LogP contribution in [0.2, 0.25) is 0 Å². The van der Waals surface area contributed by atoms with Crippen LogP contribution < -0.4 is 0 Å². The van der Waals surface area contributed by atoms with Gasteiger partial charge in [-0.1, -0.05) is 0 Å². The fourth-order valence-corrected chi connectivity index (χ4v) is 4.47. The zero-order chi connectivity index (χ0) is 17.8. The summed E-state index contributed by atoms with van der Waals surface area (Å²) in [4.78, 5) is 18.4. The highest BCUT2D eigenvalue weighted by atomic mass is 16.5. The first kappa shape index (κ1) is 17.9. The van der Waals surface area contributed by atoms with E-state index in [0.717, 1.165) is 58.4 Å². The van der Waals surface area contributed by atoms with E-state index < -0.39 is 0 Å². The van der Waals surface area contributed by atoms with Crippen LogP contribution in [-0.4, -0.2) is 47.7 Å². The summed E-state index contributed by atoms with van der Waals surface area (Å²) in [5, 5.41) is 0. The van der Waals surface area contributed by atoms with Gasteiger partial charge in [-0.2, -0.15) is 0 Å².